The molecule has 0 saturated carbocycles. The first-order chi connectivity index (χ1) is 16.9. The van der Waals surface area contributed by atoms with Crippen molar-refractivity contribution in [1.29, 1.82) is 0 Å². The van der Waals surface area contributed by atoms with Gasteiger partial charge in [-0.1, -0.05) is 30.0 Å². The summed E-state index contributed by atoms with van der Waals surface area (Å²) in [6, 6.07) is 14.5. The van der Waals surface area contributed by atoms with Crippen molar-refractivity contribution in [3.63, 3.8) is 0 Å². The van der Waals surface area contributed by atoms with E-state index < -0.39 is 0 Å². The quantitative estimate of drug-likeness (QED) is 0.371. The summed E-state index contributed by atoms with van der Waals surface area (Å²) < 4.78 is 16.0. The Bertz CT molecular complexity index is 1080. The van der Waals surface area contributed by atoms with Crippen molar-refractivity contribution in [2.24, 2.45) is 4.99 Å². The Morgan fingerprint density at radius 1 is 1.11 bits per heavy atom. The van der Waals surface area contributed by atoms with Crippen molar-refractivity contribution < 1.29 is 23.8 Å². The molecule has 0 unspecified atom stereocenters. The topological polar surface area (TPSA) is 89.5 Å². The number of carbonyl (C=O) groups excluding carboxylic acids is 2. The summed E-state index contributed by atoms with van der Waals surface area (Å²) in [5.41, 5.74) is 1.72. The maximum absolute atomic E-state index is 13.3. The molecule has 2 aromatic rings. The molecule has 2 amide bonds. The summed E-state index contributed by atoms with van der Waals surface area (Å²) in [5.74, 6) is 1.07. The fraction of sp³-hybridized carbons (Fsp3) is 0.346. The van der Waals surface area contributed by atoms with Gasteiger partial charge in [-0.05, 0) is 56.2 Å². The van der Waals surface area contributed by atoms with Crippen LogP contribution in [0.5, 0.6) is 11.5 Å². The third kappa shape index (κ3) is 7.60. The molecule has 0 atom stereocenters. The lowest BCUT2D eigenvalue weighted by Crippen LogP contribution is -2.32. The molecule has 1 heterocycles. The fourth-order valence-electron chi connectivity index (χ4n) is 3.23. The Morgan fingerprint density at radius 3 is 2.54 bits per heavy atom. The highest BCUT2D eigenvalue weighted by atomic mass is 32.2. The number of nitrogens with one attached hydrogen (secondary N) is 1. The zero-order chi connectivity index (χ0) is 25.2. The minimum Gasteiger partial charge on any atom is -0.497 e. The van der Waals surface area contributed by atoms with Crippen LogP contribution in [0, 0.1) is 0 Å². The van der Waals surface area contributed by atoms with Gasteiger partial charge in [-0.25, -0.2) is 4.99 Å². The van der Waals surface area contributed by atoms with Crippen molar-refractivity contribution >= 4 is 40.5 Å². The Labute approximate surface area is 210 Å². The van der Waals surface area contributed by atoms with E-state index in [2.05, 4.69) is 10.3 Å². The molecule has 2 aromatic carbocycles. The molecule has 1 aliphatic heterocycles. The molecule has 0 radical (unpaired) electrons. The molecule has 186 valence electrons. The van der Waals surface area contributed by atoms with Gasteiger partial charge in [0.2, 0.25) is 5.91 Å². The first-order valence-electron chi connectivity index (χ1n) is 11.4. The largest absolute Gasteiger partial charge is 0.497 e. The molecule has 0 fully saturated rings. The zero-order valence-corrected chi connectivity index (χ0v) is 21.3. The summed E-state index contributed by atoms with van der Waals surface area (Å²) >= 11 is 1.21. The molecule has 0 aliphatic carbocycles. The van der Waals surface area contributed by atoms with E-state index in [1.54, 1.807) is 38.5 Å². The number of amides is 2. The Morgan fingerprint density at radius 2 is 1.86 bits per heavy atom. The van der Waals surface area contributed by atoms with Crippen molar-refractivity contribution in [2.75, 3.05) is 38.0 Å². The van der Waals surface area contributed by atoms with E-state index in [0.717, 1.165) is 17.7 Å². The lowest BCUT2D eigenvalue weighted by Gasteiger charge is -2.18. The second kappa shape index (κ2) is 13.0. The van der Waals surface area contributed by atoms with Gasteiger partial charge in [-0.3, -0.25) is 14.5 Å². The number of anilines is 1. The predicted octanol–water partition coefficient (Wildman–Crippen LogP) is 4.11. The highest BCUT2D eigenvalue weighted by Gasteiger charge is 2.32. The molecule has 1 N–H and O–H groups in total. The molecule has 0 bridgehead atoms. The molecule has 0 aromatic heterocycles. The number of methoxy groups -OCH3 is 2. The molecule has 35 heavy (non-hydrogen) atoms. The standard InChI is InChI=1S/C26H31N3O5S/c1-18(2)34-14-6-13-27-24(30)17-35-26-28-23(15-19-9-11-21(32-3)12-10-19)25(31)29(26)20-7-5-8-22(16-20)33-4/h5,7-12,15-16,18H,6,13-14,17H2,1-4H3,(H,27,30)/b23-15-. The average Bonchev–Trinajstić information content (AvgIpc) is 3.17. The Balaban J connectivity index is 1.74. The van der Waals surface area contributed by atoms with Gasteiger partial charge < -0.3 is 19.5 Å². The second-order valence-corrected chi connectivity index (χ2v) is 8.89. The van der Waals surface area contributed by atoms with Crippen molar-refractivity contribution in [3.8, 4) is 11.5 Å². The summed E-state index contributed by atoms with van der Waals surface area (Å²) in [6.45, 7) is 5.07. The van der Waals surface area contributed by atoms with Gasteiger partial charge in [-0.15, -0.1) is 0 Å². The number of hydrogen-bond acceptors (Lipinski definition) is 7. The van der Waals surface area contributed by atoms with Gasteiger partial charge in [0.1, 0.15) is 17.2 Å². The van der Waals surface area contributed by atoms with Gasteiger partial charge >= 0.3 is 0 Å². The van der Waals surface area contributed by atoms with Gasteiger partial charge in [0.25, 0.3) is 5.91 Å². The summed E-state index contributed by atoms with van der Waals surface area (Å²) in [6.07, 6.45) is 2.62. The summed E-state index contributed by atoms with van der Waals surface area (Å²) in [4.78, 5) is 31.8. The zero-order valence-electron chi connectivity index (χ0n) is 20.4. The second-order valence-electron chi connectivity index (χ2n) is 7.95. The molecule has 0 saturated heterocycles. The normalized spacial score (nSPS) is 14.4. The maximum Gasteiger partial charge on any atom is 0.283 e. The number of thioether (sulfide) groups is 1. The first kappa shape index (κ1) is 26.3. The van der Waals surface area contributed by atoms with Crippen LogP contribution in [0.2, 0.25) is 0 Å². The van der Waals surface area contributed by atoms with Gasteiger partial charge in [0, 0.05) is 19.2 Å². The number of carbonyl (C=O) groups is 2. The highest BCUT2D eigenvalue weighted by molar-refractivity contribution is 8.14. The number of hydrogen-bond donors (Lipinski definition) is 1. The van der Waals surface area contributed by atoms with Crippen LogP contribution in [-0.2, 0) is 14.3 Å². The molecule has 9 heteroatoms. The number of nitrogens with zero attached hydrogens (tertiary/aromatic N) is 2. The lowest BCUT2D eigenvalue weighted by molar-refractivity contribution is -0.118. The molecule has 0 spiro atoms. The number of aliphatic imine (C=N–C) groups is 1. The number of benzene rings is 2. The predicted molar refractivity (Wildman–Crippen MR) is 140 cm³/mol. The Kier molecular flexibility index (Phi) is 9.75. The molecule has 3 rings (SSSR count). The number of rotatable bonds is 11. The highest BCUT2D eigenvalue weighted by Crippen LogP contribution is 2.31. The third-order valence-corrected chi connectivity index (χ3v) is 5.93. The smallest absolute Gasteiger partial charge is 0.283 e. The van der Waals surface area contributed by atoms with Crippen molar-refractivity contribution in [3.05, 3.63) is 59.8 Å². The number of amidine groups is 1. The minimum absolute atomic E-state index is 0.132. The van der Waals surface area contributed by atoms with Crippen LogP contribution in [0.3, 0.4) is 0 Å². The van der Waals surface area contributed by atoms with E-state index >= 15 is 0 Å². The van der Waals surface area contributed by atoms with Crippen molar-refractivity contribution in [1.82, 2.24) is 5.32 Å². The van der Waals surface area contributed by atoms with E-state index in [1.165, 1.54) is 16.7 Å². The van der Waals surface area contributed by atoms with E-state index in [1.807, 2.05) is 44.2 Å². The van der Waals surface area contributed by atoms with Gasteiger partial charge in [-0.2, -0.15) is 0 Å². The average molecular weight is 498 g/mol. The van der Waals surface area contributed by atoms with Crippen LogP contribution >= 0.6 is 11.8 Å². The van der Waals surface area contributed by atoms with Crippen LogP contribution < -0.4 is 19.7 Å². The van der Waals surface area contributed by atoms with E-state index in [9.17, 15) is 9.59 Å². The summed E-state index contributed by atoms with van der Waals surface area (Å²) in [7, 11) is 3.17. The van der Waals surface area contributed by atoms with Crippen LogP contribution in [0.1, 0.15) is 25.8 Å². The SMILES string of the molecule is COc1ccc(/C=C2\N=C(SCC(=O)NCCCOC(C)C)N(c3cccc(OC)c3)C2=O)cc1. The van der Waals surface area contributed by atoms with E-state index in [0.29, 0.717) is 29.8 Å². The maximum atomic E-state index is 13.3. The van der Waals surface area contributed by atoms with Crippen LogP contribution in [0.25, 0.3) is 6.08 Å². The monoisotopic (exact) mass is 497 g/mol. The molecule has 8 nitrogen and oxygen atoms in total. The van der Waals surface area contributed by atoms with Crippen LogP contribution in [0.4, 0.5) is 5.69 Å². The Hall–Kier alpha value is -3.30. The van der Waals surface area contributed by atoms with Crippen LogP contribution in [-0.4, -0.2) is 56.2 Å². The van der Waals surface area contributed by atoms with E-state index in [4.69, 9.17) is 14.2 Å². The summed E-state index contributed by atoms with van der Waals surface area (Å²) in [5, 5.41) is 3.31. The molecule has 1 aliphatic rings. The van der Waals surface area contributed by atoms with Gasteiger partial charge in [0.15, 0.2) is 5.17 Å². The molecular weight excluding hydrogens is 466 g/mol. The third-order valence-electron chi connectivity index (χ3n) is 4.99. The lowest BCUT2D eigenvalue weighted by atomic mass is 10.2. The number of ether oxygens (including phenoxy) is 3. The minimum atomic E-state index is -0.275. The first-order valence-corrected chi connectivity index (χ1v) is 12.3. The van der Waals surface area contributed by atoms with E-state index in [-0.39, 0.29) is 29.4 Å². The molecular formula is C26H31N3O5S. The fourth-order valence-corrected chi connectivity index (χ4v) is 4.07. The van der Waals surface area contributed by atoms with Gasteiger partial charge in [0.05, 0.1) is 31.8 Å². The van der Waals surface area contributed by atoms with Crippen LogP contribution in [0.15, 0.2) is 59.2 Å². The van der Waals surface area contributed by atoms with Crippen molar-refractivity contribution in [2.45, 2.75) is 26.4 Å².